The molecule has 2 heterocycles. The standard InChI is InChI=1S/C6H13NO2.C5H11N.C3H8/c1-7-3-2-6(8)9-5-4-7;1-5-3-6(2)4-5;1-3-2/h6,8H,2-5H2,1H3;5H,3-4H2,1-2H3;3H2,1-2H3. The van der Waals surface area contributed by atoms with Crippen LogP contribution in [0.15, 0.2) is 0 Å². The predicted molar refractivity (Wildman–Crippen MR) is 76.7 cm³/mol. The SMILES string of the molecule is CC1CN(C)C1.CCC.CN1CCOC(O)CC1. The molecule has 0 aromatic rings. The van der Waals surface area contributed by atoms with Gasteiger partial charge >= 0.3 is 0 Å². The van der Waals surface area contributed by atoms with Crippen LogP contribution in [0.25, 0.3) is 0 Å². The van der Waals surface area contributed by atoms with Crippen LogP contribution in [0, 0.1) is 5.92 Å². The number of ether oxygens (including phenoxy) is 1. The number of nitrogens with zero attached hydrogens (tertiary/aromatic N) is 2. The number of hydrogen-bond acceptors (Lipinski definition) is 4. The van der Waals surface area contributed by atoms with Gasteiger partial charge in [0.1, 0.15) is 0 Å². The summed E-state index contributed by atoms with van der Waals surface area (Å²) in [6, 6.07) is 0. The van der Waals surface area contributed by atoms with Gasteiger partial charge in [0.25, 0.3) is 0 Å². The Morgan fingerprint density at radius 3 is 2.06 bits per heavy atom. The molecule has 0 aromatic carbocycles. The largest absolute Gasteiger partial charge is 0.368 e. The van der Waals surface area contributed by atoms with Crippen LogP contribution in [0.3, 0.4) is 0 Å². The highest BCUT2D eigenvalue weighted by molar-refractivity contribution is 4.71. The van der Waals surface area contributed by atoms with Crippen molar-refractivity contribution >= 4 is 0 Å². The molecule has 1 atom stereocenters. The molecular weight excluding hydrogens is 228 g/mol. The second-order valence-corrected chi connectivity index (χ2v) is 5.45. The second kappa shape index (κ2) is 10.7. The third kappa shape index (κ3) is 9.83. The van der Waals surface area contributed by atoms with E-state index >= 15 is 0 Å². The van der Waals surface area contributed by atoms with Gasteiger partial charge in [0, 0.05) is 32.6 Å². The van der Waals surface area contributed by atoms with Crippen LogP contribution in [-0.4, -0.2) is 68.1 Å². The summed E-state index contributed by atoms with van der Waals surface area (Å²) in [5, 5.41) is 8.96. The monoisotopic (exact) mass is 260 g/mol. The molecule has 0 spiro atoms. The van der Waals surface area contributed by atoms with Gasteiger partial charge in [-0.2, -0.15) is 0 Å². The first-order valence-electron chi connectivity index (χ1n) is 7.16. The van der Waals surface area contributed by atoms with Crippen LogP contribution >= 0.6 is 0 Å². The van der Waals surface area contributed by atoms with Gasteiger partial charge in [-0.3, -0.25) is 0 Å². The number of rotatable bonds is 0. The second-order valence-electron chi connectivity index (χ2n) is 5.45. The molecule has 0 amide bonds. The molecule has 1 unspecified atom stereocenters. The van der Waals surface area contributed by atoms with E-state index in [1.807, 2.05) is 7.05 Å². The lowest BCUT2D eigenvalue weighted by atomic mass is 10.1. The van der Waals surface area contributed by atoms with E-state index in [0.29, 0.717) is 6.61 Å². The molecule has 2 fully saturated rings. The third-order valence-electron chi connectivity index (χ3n) is 2.79. The van der Waals surface area contributed by atoms with Crippen LogP contribution in [0.2, 0.25) is 0 Å². The minimum atomic E-state index is -0.532. The summed E-state index contributed by atoms with van der Waals surface area (Å²) in [6.45, 7) is 11.6. The fourth-order valence-corrected chi connectivity index (χ4v) is 1.88. The minimum absolute atomic E-state index is 0.532. The summed E-state index contributed by atoms with van der Waals surface area (Å²) in [4.78, 5) is 4.47. The fourth-order valence-electron chi connectivity index (χ4n) is 1.88. The summed E-state index contributed by atoms with van der Waals surface area (Å²) >= 11 is 0. The minimum Gasteiger partial charge on any atom is -0.368 e. The number of aliphatic hydroxyl groups excluding tert-OH is 1. The summed E-state index contributed by atoms with van der Waals surface area (Å²) in [7, 11) is 4.18. The van der Waals surface area contributed by atoms with Gasteiger partial charge in [-0.1, -0.05) is 27.2 Å². The zero-order chi connectivity index (χ0) is 14.0. The Morgan fingerprint density at radius 2 is 1.67 bits per heavy atom. The maximum atomic E-state index is 8.96. The van der Waals surface area contributed by atoms with E-state index in [1.54, 1.807) is 0 Å². The van der Waals surface area contributed by atoms with Crippen LogP contribution in [-0.2, 0) is 4.74 Å². The lowest BCUT2D eigenvalue weighted by Gasteiger charge is -2.33. The molecule has 0 aromatic heterocycles. The molecular formula is C14H32N2O2. The molecule has 0 aliphatic carbocycles. The van der Waals surface area contributed by atoms with E-state index < -0.39 is 6.29 Å². The summed E-state index contributed by atoms with van der Waals surface area (Å²) in [6.07, 6.45) is 1.45. The quantitative estimate of drug-likeness (QED) is 0.718. The smallest absolute Gasteiger partial charge is 0.155 e. The molecule has 2 rings (SSSR count). The first kappa shape index (κ1) is 17.8. The third-order valence-corrected chi connectivity index (χ3v) is 2.79. The zero-order valence-corrected chi connectivity index (χ0v) is 12.9. The lowest BCUT2D eigenvalue weighted by Crippen LogP contribution is -2.41. The van der Waals surface area contributed by atoms with Crippen molar-refractivity contribution in [1.82, 2.24) is 9.80 Å². The summed E-state index contributed by atoms with van der Waals surface area (Å²) < 4.78 is 4.99. The van der Waals surface area contributed by atoms with Crippen molar-refractivity contribution in [2.45, 2.75) is 39.9 Å². The topological polar surface area (TPSA) is 35.9 Å². The number of aliphatic hydroxyl groups is 1. The zero-order valence-electron chi connectivity index (χ0n) is 12.9. The normalized spacial score (nSPS) is 26.0. The molecule has 2 aliphatic heterocycles. The molecule has 4 nitrogen and oxygen atoms in total. The first-order valence-corrected chi connectivity index (χ1v) is 7.16. The molecule has 4 heteroatoms. The van der Waals surface area contributed by atoms with Crippen LogP contribution < -0.4 is 0 Å². The predicted octanol–water partition coefficient (Wildman–Crippen LogP) is 1.64. The van der Waals surface area contributed by atoms with Gasteiger partial charge in [-0.05, 0) is 20.0 Å². The molecule has 18 heavy (non-hydrogen) atoms. The van der Waals surface area contributed by atoms with Crippen LogP contribution in [0.1, 0.15) is 33.6 Å². The molecule has 0 saturated carbocycles. The highest BCUT2D eigenvalue weighted by atomic mass is 16.6. The van der Waals surface area contributed by atoms with Crippen molar-refractivity contribution in [3.8, 4) is 0 Å². The van der Waals surface area contributed by atoms with E-state index in [4.69, 9.17) is 9.84 Å². The maximum Gasteiger partial charge on any atom is 0.155 e. The Labute approximate surface area is 113 Å². The van der Waals surface area contributed by atoms with Gasteiger partial charge in [-0.25, -0.2) is 0 Å². The number of hydrogen-bond donors (Lipinski definition) is 1. The van der Waals surface area contributed by atoms with Crippen molar-refractivity contribution < 1.29 is 9.84 Å². The van der Waals surface area contributed by atoms with Gasteiger partial charge in [-0.15, -0.1) is 0 Å². The fraction of sp³-hybridized carbons (Fsp3) is 1.00. The van der Waals surface area contributed by atoms with E-state index in [2.05, 4.69) is 37.6 Å². The Hall–Kier alpha value is -0.160. The molecule has 2 aliphatic rings. The van der Waals surface area contributed by atoms with Gasteiger partial charge < -0.3 is 19.6 Å². The number of likely N-dealkylation sites (tertiary alicyclic amines) is 1. The molecule has 0 radical (unpaired) electrons. The summed E-state index contributed by atoms with van der Waals surface area (Å²) in [5.74, 6) is 0.968. The average molecular weight is 260 g/mol. The Balaban J connectivity index is 0.000000278. The van der Waals surface area contributed by atoms with Crippen LogP contribution in [0.5, 0.6) is 0 Å². The Morgan fingerprint density at radius 1 is 1.11 bits per heavy atom. The number of likely N-dealkylation sites (N-methyl/N-ethyl adjacent to an activating group) is 1. The van der Waals surface area contributed by atoms with E-state index in [1.165, 1.54) is 19.5 Å². The summed E-state index contributed by atoms with van der Waals surface area (Å²) in [5.41, 5.74) is 0. The van der Waals surface area contributed by atoms with Crippen molar-refractivity contribution in [2.24, 2.45) is 5.92 Å². The van der Waals surface area contributed by atoms with Gasteiger partial charge in [0.2, 0.25) is 0 Å². The van der Waals surface area contributed by atoms with E-state index in [-0.39, 0.29) is 0 Å². The van der Waals surface area contributed by atoms with Crippen molar-refractivity contribution in [3.05, 3.63) is 0 Å². The average Bonchev–Trinajstić information content (AvgIpc) is 2.44. The highest BCUT2D eigenvalue weighted by Gasteiger charge is 2.16. The maximum absolute atomic E-state index is 8.96. The molecule has 2 saturated heterocycles. The van der Waals surface area contributed by atoms with E-state index in [9.17, 15) is 0 Å². The Kier molecular flexibility index (Phi) is 10.6. The molecule has 1 N–H and O–H groups in total. The van der Waals surface area contributed by atoms with Crippen LogP contribution in [0.4, 0.5) is 0 Å². The van der Waals surface area contributed by atoms with Crippen molar-refractivity contribution in [3.63, 3.8) is 0 Å². The van der Waals surface area contributed by atoms with E-state index in [0.717, 1.165) is 25.4 Å². The lowest BCUT2D eigenvalue weighted by molar-refractivity contribution is -0.0919. The highest BCUT2D eigenvalue weighted by Crippen LogP contribution is 2.09. The first-order chi connectivity index (χ1) is 8.49. The molecule has 110 valence electrons. The Bertz CT molecular complexity index is 169. The van der Waals surface area contributed by atoms with Gasteiger partial charge in [0.15, 0.2) is 6.29 Å². The van der Waals surface area contributed by atoms with Crippen molar-refractivity contribution in [2.75, 3.05) is 46.9 Å². The molecule has 0 bridgehead atoms. The van der Waals surface area contributed by atoms with Gasteiger partial charge in [0.05, 0.1) is 6.61 Å². The van der Waals surface area contributed by atoms with Crippen molar-refractivity contribution in [1.29, 1.82) is 0 Å².